The number of hydrogen-bond acceptors (Lipinski definition) is 7. The van der Waals surface area contributed by atoms with E-state index in [-0.39, 0.29) is 12.5 Å². The van der Waals surface area contributed by atoms with Crippen LogP contribution in [-0.4, -0.2) is 51.5 Å². The van der Waals surface area contributed by atoms with Crippen LogP contribution in [0.15, 0.2) is 35.1 Å². The Morgan fingerprint density at radius 1 is 1.09 bits per heavy atom. The maximum Gasteiger partial charge on any atom is 0.332 e. The molecular weight excluding hydrogens is 438 g/mol. The number of urea groups is 1. The minimum Gasteiger partial charge on any atom is -0.497 e. The Balaban J connectivity index is 1.62. The maximum atomic E-state index is 13.5. The summed E-state index contributed by atoms with van der Waals surface area (Å²) in [6.45, 7) is 8.24. The number of amides is 3. The van der Waals surface area contributed by atoms with Gasteiger partial charge >= 0.3 is 6.03 Å². The monoisotopic (exact) mass is 467 g/mol. The molecular formula is C24H29N5O5. The Morgan fingerprint density at radius 3 is 2.50 bits per heavy atom. The predicted octanol–water partition coefficient (Wildman–Crippen LogP) is 3.44. The summed E-state index contributed by atoms with van der Waals surface area (Å²) in [7, 11) is 3.20. The second-order valence-corrected chi connectivity index (χ2v) is 8.83. The van der Waals surface area contributed by atoms with Gasteiger partial charge in [-0.15, -0.1) is 0 Å². The molecule has 0 aliphatic carbocycles. The molecule has 0 saturated carbocycles. The second kappa shape index (κ2) is 8.94. The average molecular weight is 468 g/mol. The van der Waals surface area contributed by atoms with Crippen LogP contribution < -0.4 is 9.64 Å². The van der Waals surface area contributed by atoms with Crippen LogP contribution in [0.4, 0.5) is 10.5 Å². The van der Waals surface area contributed by atoms with Gasteiger partial charge in [-0.05, 0) is 51.0 Å². The summed E-state index contributed by atoms with van der Waals surface area (Å²) >= 11 is 0. The van der Waals surface area contributed by atoms with E-state index in [2.05, 4.69) is 10.3 Å². The number of methoxy groups -OCH3 is 2. The van der Waals surface area contributed by atoms with Crippen LogP contribution in [0.1, 0.15) is 42.0 Å². The highest BCUT2D eigenvalue weighted by Crippen LogP contribution is 2.34. The number of anilines is 1. The summed E-state index contributed by atoms with van der Waals surface area (Å²) in [4.78, 5) is 29.6. The highest BCUT2D eigenvalue weighted by molar-refractivity contribution is 6.22. The van der Waals surface area contributed by atoms with Crippen molar-refractivity contribution in [2.45, 2.75) is 52.9 Å². The molecule has 1 aromatic carbocycles. The van der Waals surface area contributed by atoms with Gasteiger partial charge in [-0.25, -0.2) is 9.69 Å². The standard InChI is InChI=1S/C24H29N5O5/c1-15-21(16(2)34-26-15)13-27-12-19(10-25-27)29-22(30)24(3,4)28(23(29)31)11-18-9-20(33-6)8-7-17(18)14-32-5/h7-10,12H,11,13-14H2,1-6H3. The van der Waals surface area contributed by atoms with E-state index >= 15 is 0 Å². The van der Waals surface area contributed by atoms with E-state index in [9.17, 15) is 9.59 Å². The smallest absolute Gasteiger partial charge is 0.332 e. The van der Waals surface area contributed by atoms with Crippen LogP contribution in [0.2, 0.25) is 0 Å². The lowest BCUT2D eigenvalue weighted by molar-refractivity contribution is -0.123. The van der Waals surface area contributed by atoms with Crippen molar-refractivity contribution in [1.82, 2.24) is 19.8 Å². The number of benzene rings is 1. The van der Waals surface area contributed by atoms with Crippen molar-refractivity contribution in [3.05, 3.63) is 58.7 Å². The third-order valence-corrected chi connectivity index (χ3v) is 6.24. The number of aryl methyl sites for hydroxylation is 2. The summed E-state index contributed by atoms with van der Waals surface area (Å²) in [6, 6.07) is 5.22. The van der Waals surface area contributed by atoms with Crippen LogP contribution in [0, 0.1) is 13.8 Å². The van der Waals surface area contributed by atoms with Gasteiger partial charge in [0, 0.05) is 25.4 Å². The number of ether oxygens (including phenoxy) is 2. The maximum absolute atomic E-state index is 13.5. The van der Waals surface area contributed by atoms with Crippen molar-refractivity contribution >= 4 is 17.6 Å². The lowest BCUT2D eigenvalue weighted by Gasteiger charge is -2.28. The molecule has 34 heavy (non-hydrogen) atoms. The largest absolute Gasteiger partial charge is 0.497 e. The number of nitrogens with zero attached hydrogens (tertiary/aromatic N) is 5. The summed E-state index contributed by atoms with van der Waals surface area (Å²) in [6.07, 6.45) is 3.21. The van der Waals surface area contributed by atoms with Crippen LogP contribution in [0.3, 0.4) is 0 Å². The molecule has 10 nitrogen and oxygen atoms in total. The quantitative estimate of drug-likeness (QED) is 0.468. The molecule has 10 heteroatoms. The normalized spacial score (nSPS) is 15.5. The van der Waals surface area contributed by atoms with Crippen molar-refractivity contribution in [1.29, 1.82) is 0 Å². The Bertz CT molecular complexity index is 1210. The number of carbonyl (C=O) groups excluding carboxylic acids is 2. The van der Waals surface area contributed by atoms with Crippen LogP contribution in [-0.2, 0) is 29.2 Å². The molecule has 1 aliphatic rings. The fourth-order valence-corrected chi connectivity index (χ4v) is 4.12. The van der Waals surface area contributed by atoms with Gasteiger partial charge in [0.15, 0.2) is 0 Å². The molecule has 3 heterocycles. The molecule has 3 amide bonds. The Morgan fingerprint density at radius 2 is 1.85 bits per heavy atom. The zero-order valence-corrected chi connectivity index (χ0v) is 20.3. The van der Waals surface area contributed by atoms with Crippen LogP contribution >= 0.6 is 0 Å². The summed E-state index contributed by atoms with van der Waals surface area (Å²) in [5.41, 5.74) is 2.84. The van der Waals surface area contributed by atoms with Gasteiger partial charge in [-0.2, -0.15) is 5.10 Å². The molecule has 1 aliphatic heterocycles. The molecule has 1 fully saturated rings. The summed E-state index contributed by atoms with van der Waals surface area (Å²) < 4.78 is 17.6. The first kappa shape index (κ1) is 23.5. The molecule has 0 atom stereocenters. The number of imide groups is 1. The first-order valence-electron chi connectivity index (χ1n) is 10.9. The van der Waals surface area contributed by atoms with E-state index in [1.54, 1.807) is 43.8 Å². The highest BCUT2D eigenvalue weighted by Gasteiger charge is 2.52. The van der Waals surface area contributed by atoms with Gasteiger partial charge < -0.3 is 18.9 Å². The lowest BCUT2D eigenvalue weighted by Crippen LogP contribution is -2.43. The Hall–Kier alpha value is -3.66. The first-order valence-corrected chi connectivity index (χ1v) is 10.9. The van der Waals surface area contributed by atoms with E-state index in [0.29, 0.717) is 30.3 Å². The summed E-state index contributed by atoms with van der Waals surface area (Å²) in [5, 5.41) is 8.32. The van der Waals surface area contributed by atoms with Crippen molar-refractivity contribution in [2.75, 3.05) is 19.1 Å². The predicted molar refractivity (Wildman–Crippen MR) is 124 cm³/mol. The average Bonchev–Trinajstić information content (AvgIpc) is 3.44. The van der Waals surface area contributed by atoms with E-state index in [4.69, 9.17) is 14.0 Å². The van der Waals surface area contributed by atoms with Crippen molar-refractivity contribution < 1.29 is 23.6 Å². The molecule has 0 N–H and O–H groups in total. The molecule has 0 bridgehead atoms. The van der Waals surface area contributed by atoms with Gasteiger partial charge in [0.2, 0.25) is 0 Å². The van der Waals surface area contributed by atoms with Crippen LogP contribution in [0.5, 0.6) is 5.75 Å². The van der Waals surface area contributed by atoms with Gasteiger partial charge in [0.05, 0.1) is 37.8 Å². The van der Waals surface area contributed by atoms with Gasteiger partial charge in [-0.1, -0.05) is 11.2 Å². The zero-order valence-electron chi connectivity index (χ0n) is 20.3. The summed E-state index contributed by atoms with van der Waals surface area (Å²) in [5.74, 6) is 1.06. The fourth-order valence-electron chi connectivity index (χ4n) is 4.12. The topological polar surface area (TPSA) is 103 Å². The molecule has 0 spiro atoms. The third-order valence-electron chi connectivity index (χ3n) is 6.24. The first-order chi connectivity index (χ1) is 16.2. The van der Waals surface area contributed by atoms with Gasteiger partial charge in [0.1, 0.15) is 17.0 Å². The Kier molecular flexibility index (Phi) is 6.18. The molecule has 1 saturated heterocycles. The molecule has 4 rings (SSSR count). The number of carbonyl (C=O) groups is 2. The molecule has 2 aromatic heterocycles. The Labute approximate surface area is 198 Å². The van der Waals surface area contributed by atoms with Crippen molar-refractivity contribution in [3.8, 4) is 5.75 Å². The molecule has 180 valence electrons. The zero-order chi connectivity index (χ0) is 24.6. The van der Waals surface area contributed by atoms with E-state index < -0.39 is 11.6 Å². The number of hydrogen-bond donors (Lipinski definition) is 0. The molecule has 0 unspecified atom stereocenters. The van der Waals surface area contributed by atoms with Gasteiger partial charge in [0.25, 0.3) is 5.91 Å². The van der Waals surface area contributed by atoms with Gasteiger partial charge in [-0.3, -0.25) is 9.48 Å². The van der Waals surface area contributed by atoms with Crippen molar-refractivity contribution in [3.63, 3.8) is 0 Å². The number of aromatic nitrogens is 3. The number of rotatable bonds is 8. The fraction of sp³-hybridized carbons (Fsp3) is 0.417. The highest BCUT2D eigenvalue weighted by atomic mass is 16.5. The van der Waals surface area contributed by atoms with Crippen molar-refractivity contribution in [2.24, 2.45) is 0 Å². The minimum atomic E-state index is -1.05. The molecule has 0 radical (unpaired) electrons. The second-order valence-electron chi connectivity index (χ2n) is 8.83. The van der Waals surface area contributed by atoms with Crippen LogP contribution in [0.25, 0.3) is 0 Å². The molecule has 3 aromatic rings. The van der Waals surface area contributed by atoms with E-state index in [1.807, 2.05) is 32.0 Å². The van der Waals surface area contributed by atoms with E-state index in [0.717, 1.165) is 22.4 Å². The lowest BCUT2D eigenvalue weighted by atomic mass is 10.0. The van der Waals surface area contributed by atoms with E-state index in [1.165, 1.54) is 11.1 Å². The third kappa shape index (κ3) is 4.05. The SMILES string of the molecule is COCc1ccc(OC)cc1CN1C(=O)N(c2cnn(Cc3c(C)noc3C)c2)C(=O)C1(C)C. The minimum absolute atomic E-state index is 0.233.